The molecule has 2 aromatic rings. The van der Waals surface area contributed by atoms with E-state index < -0.39 is 29.9 Å². The lowest BCUT2D eigenvalue weighted by molar-refractivity contribution is -0.130. The van der Waals surface area contributed by atoms with Crippen LogP contribution in [-0.2, 0) is 27.3 Å². The molecular weight excluding hydrogens is 420 g/mol. The predicted molar refractivity (Wildman–Crippen MR) is 115 cm³/mol. The van der Waals surface area contributed by atoms with Crippen molar-refractivity contribution in [3.8, 4) is 0 Å². The molecule has 2 N–H and O–H groups in total. The fourth-order valence-electron chi connectivity index (χ4n) is 3.16. The Kier molecular flexibility index (Phi) is 7.01. The number of hydrogen-bond acceptors (Lipinski definition) is 7. The molecular formula is C21H24N4O5S. The molecule has 1 aromatic carbocycles. The Bertz CT molecular complexity index is 989. The van der Waals surface area contributed by atoms with Gasteiger partial charge in [0.2, 0.25) is 5.91 Å². The topological polar surface area (TPSA) is 118 Å². The fraction of sp³-hybridized carbons (Fsp3) is 0.381. The molecule has 0 unspecified atom stereocenters. The number of thiazole rings is 1. The van der Waals surface area contributed by atoms with Gasteiger partial charge in [-0.2, -0.15) is 0 Å². The number of urea groups is 1. The highest BCUT2D eigenvalue weighted by atomic mass is 32.1. The maximum Gasteiger partial charge on any atom is 0.357 e. The van der Waals surface area contributed by atoms with Crippen LogP contribution in [0.3, 0.4) is 0 Å². The highest BCUT2D eigenvalue weighted by Crippen LogP contribution is 2.27. The third kappa shape index (κ3) is 5.46. The summed E-state index contributed by atoms with van der Waals surface area (Å²) in [5.41, 5.74) is 0.989. The minimum atomic E-state index is -0.952. The van der Waals surface area contributed by atoms with Crippen molar-refractivity contribution >= 4 is 40.3 Å². The summed E-state index contributed by atoms with van der Waals surface area (Å²) in [6.07, 6.45) is 0.381. The van der Waals surface area contributed by atoms with Crippen LogP contribution in [0.5, 0.6) is 0 Å². The van der Waals surface area contributed by atoms with E-state index in [0.717, 1.165) is 15.3 Å². The number of aromatic nitrogens is 1. The van der Waals surface area contributed by atoms with Crippen LogP contribution in [0.4, 0.5) is 9.93 Å². The standard InChI is InChI=1S/C21H24N4O5S/c1-12(2)9-15-17(19(28)30-3)24-20(31-15)23-16(26)10-14-18(27)25(21(29)22-14)11-13-7-5-4-6-8-13/h4-8,12,14H,9-11H2,1-3H3,(H,22,29)(H,23,24,26)/t14-/m1/s1. The number of benzene rings is 1. The van der Waals surface area contributed by atoms with Gasteiger partial charge >= 0.3 is 12.0 Å². The van der Waals surface area contributed by atoms with Crippen molar-refractivity contribution in [1.29, 1.82) is 0 Å². The van der Waals surface area contributed by atoms with Gasteiger partial charge in [0.05, 0.1) is 20.1 Å². The number of carbonyl (C=O) groups is 4. The van der Waals surface area contributed by atoms with Crippen LogP contribution < -0.4 is 10.6 Å². The summed E-state index contributed by atoms with van der Waals surface area (Å²) < 4.78 is 4.77. The van der Waals surface area contributed by atoms with Crippen LogP contribution in [0.25, 0.3) is 0 Å². The lowest BCUT2D eigenvalue weighted by Gasteiger charge is -2.12. The Hall–Kier alpha value is -3.27. The van der Waals surface area contributed by atoms with Gasteiger partial charge in [-0.1, -0.05) is 44.2 Å². The Labute approximate surface area is 183 Å². The lowest BCUT2D eigenvalue weighted by Crippen LogP contribution is -2.34. The number of imide groups is 1. The van der Waals surface area contributed by atoms with Gasteiger partial charge in [-0.15, -0.1) is 11.3 Å². The number of hydrogen-bond donors (Lipinski definition) is 2. The molecule has 0 spiro atoms. The van der Waals surface area contributed by atoms with Gasteiger partial charge in [-0.3, -0.25) is 14.5 Å². The molecule has 31 heavy (non-hydrogen) atoms. The van der Waals surface area contributed by atoms with Crippen LogP contribution >= 0.6 is 11.3 Å². The molecule has 0 aliphatic carbocycles. The molecule has 1 fully saturated rings. The Balaban J connectivity index is 1.64. The van der Waals surface area contributed by atoms with Crippen molar-refractivity contribution in [1.82, 2.24) is 15.2 Å². The quantitative estimate of drug-likeness (QED) is 0.477. The summed E-state index contributed by atoms with van der Waals surface area (Å²) in [5, 5.41) is 5.42. The maximum absolute atomic E-state index is 12.6. The number of ether oxygens (including phenoxy) is 1. The Morgan fingerprint density at radius 1 is 1.26 bits per heavy atom. The second-order valence-corrected chi connectivity index (χ2v) is 8.63. The number of amides is 4. The van der Waals surface area contributed by atoms with Crippen LogP contribution in [-0.4, -0.2) is 46.9 Å². The van der Waals surface area contributed by atoms with Crippen molar-refractivity contribution in [2.24, 2.45) is 5.92 Å². The molecule has 164 valence electrons. The highest BCUT2D eigenvalue weighted by Gasteiger charge is 2.39. The average molecular weight is 445 g/mol. The van der Waals surface area contributed by atoms with Crippen molar-refractivity contribution in [2.75, 3.05) is 12.4 Å². The summed E-state index contributed by atoms with van der Waals surface area (Å²) >= 11 is 1.19. The molecule has 1 aliphatic rings. The van der Waals surface area contributed by atoms with Gasteiger partial charge in [0.25, 0.3) is 5.91 Å². The first-order valence-electron chi connectivity index (χ1n) is 9.82. The zero-order valence-corrected chi connectivity index (χ0v) is 18.3. The van der Waals surface area contributed by atoms with E-state index in [2.05, 4.69) is 15.6 Å². The van der Waals surface area contributed by atoms with Crippen molar-refractivity contribution in [2.45, 2.75) is 39.3 Å². The minimum Gasteiger partial charge on any atom is -0.464 e. The number of esters is 1. The van der Waals surface area contributed by atoms with E-state index >= 15 is 0 Å². The number of anilines is 1. The smallest absolute Gasteiger partial charge is 0.357 e. The fourth-order valence-corrected chi connectivity index (χ4v) is 4.33. The first-order chi connectivity index (χ1) is 14.8. The van der Waals surface area contributed by atoms with Gasteiger partial charge < -0.3 is 15.4 Å². The third-order valence-corrected chi connectivity index (χ3v) is 5.59. The van der Waals surface area contributed by atoms with Crippen LogP contribution in [0.15, 0.2) is 30.3 Å². The van der Waals surface area contributed by atoms with Gasteiger partial charge in [-0.25, -0.2) is 14.6 Å². The van der Waals surface area contributed by atoms with Gasteiger partial charge in [0.15, 0.2) is 10.8 Å². The van der Waals surface area contributed by atoms with Gasteiger partial charge in [0.1, 0.15) is 6.04 Å². The molecule has 0 bridgehead atoms. The number of carbonyl (C=O) groups excluding carboxylic acids is 4. The number of nitrogens with zero attached hydrogens (tertiary/aromatic N) is 2. The van der Waals surface area contributed by atoms with Crippen molar-refractivity contribution in [3.63, 3.8) is 0 Å². The molecule has 0 saturated carbocycles. The normalized spacial score (nSPS) is 15.9. The van der Waals surface area contributed by atoms with E-state index in [9.17, 15) is 19.2 Å². The van der Waals surface area contributed by atoms with E-state index in [-0.39, 0.29) is 29.7 Å². The Morgan fingerprint density at radius 3 is 2.61 bits per heavy atom. The lowest BCUT2D eigenvalue weighted by atomic mass is 10.1. The van der Waals surface area contributed by atoms with E-state index in [0.29, 0.717) is 6.42 Å². The monoisotopic (exact) mass is 444 g/mol. The molecule has 1 aromatic heterocycles. The largest absolute Gasteiger partial charge is 0.464 e. The first kappa shape index (κ1) is 22.4. The number of methoxy groups -OCH3 is 1. The van der Waals surface area contributed by atoms with Crippen LogP contribution in [0, 0.1) is 5.92 Å². The Morgan fingerprint density at radius 2 is 1.97 bits per heavy atom. The maximum atomic E-state index is 12.6. The van der Waals surface area contributed by atoms with Gasteiger partial charge in [-0.05, 0) is 17.9 Å². The minimum absolute atomic E-state index is 0.136. The van der Waals surface area contributed by atoms with Gasteiger partial charge in [0, 0.05) is 4.88 Å². The summed E-state index contributed by atoms with van der Waals surface area (Å²) in [7, 11) is 1.27. The molecule has 0 radical (unpaired) electrons. The van der Waals surface area contributed by atoms with Crippen molar-refractivity contribution < 1.29 is 23.9 Å². The molecule has 1 atom stereocenters. The second kappa shape index (κ2) is 9.69. The highest BCUT2D eigenvalue weighted by molar-refractivity contribution is 7.16. The molecule has 2 heterocycles. The average Bonchev–Trinajstić information content (AvgIpc) is 3.23. The summed E-state index contributed by atoms with van der Waals surface area (Å²) in [4.78, 5) is 55.2. The van der Waals surface area contributed by atoms with Crippen LogP contribution in [0.2, 0.25) is 0 Å². The number of rotatable bonds is 8. The predicted octanol–water partition coefficient (Wildman–Crippen LogP) is 2.58. The van der Waals surface area contributed by atoms with E-state index in [1.54, 1.807) is 0 Å². The van der Waals surface area contributed by atoms with E-state index in [4.69, 9.17) is 4.74 Å². The number of nitrogens with one attached hydrogen (secondary N) is 2. The molecule has 9 nitrogen and oxygen atoms in total. The summed E-state index contributed by atoms with van der Waals surface area (Å²) in [5.74, 6) is -1.23. The van der Waals surface area contributed by atoms with Crippen molar-refractivity contribution in [3.05, 3.63) is 46.5 Å². The molecule has 4 amide bonds. The van der Waals surface area contributed by atoms with E-state index in [1.807, 2.05) is 44.2 Å². The molecule has 10 heteroatoms. The second-order valence-electron chi connectivity index (χ2n) is 7.54. The zero-order valence-electron chi connectivity index (χ0n) is 17.5. The third-order valence-electron chi connectivity index (χ3n) is 4.60. The molecule has 3 rings (SSSR count). The molecule has 1 saturated heterocycles. The van der Waals surface area contributed by atoms with Crippen LogP contribution in [0.1, 0.15) is 41.2 Å². The van der Waals surface area contributed by atoms with E-state index in [1.165, 1.54) is 18.4 Å². The summed E-state index contributed by atoms with van der Waals surface area (Å²) in [6, 6.07) is 7.64. The first-order valence-corrected chi connectivity index (χ1v) is 10.6. The molecule has 1 aliphatic heterocycles. The zero-order chi connectivity index (χ0) is 22.5. The summed E-state index contributed by atoms with van der Waals surface area (Å²) in [6.45, 7) is 4.15. The SMILES string of the molecule is COC(=O)c1nc(NC(=O)C[C@H]2NC(=O)N(Cc3ccccc3)C2=O)sc1CC(C)C.